The van der Waals surface area contributed by atoms with Crippen molar-refractivity contribution in [1.82, 2.24) is 25.6 Å². The average molecular weight is 638 g/mol. The first-order chi connectivity index (χ1) is 21.2. The minimum atomic E-state index is -0.399. The standard InChI is InChI=1S/C30H36ClN9O3S/c1-17-25(35-14-18-2-4-19(5-3-18)37-20-6-7-23(41)39-28(20)42)30(16-43-17)9-12-40(13-10-30)22-15-36-29(27(33)38-22)44-21-8-11-34-26(32)24(21)31/h2-5,8,11,15,17,20,25,35,37H,6-7,9-10,12-14,16H2,1H3,(H2,32,34)(H2,33,38)(H,39,41,42)/t17-,20?,25+/m0/s1. The van der Waals surface area contributed by atoms with Crippen molar-refractivity contribution in [2.45, 2.75) is 67.3 Å². The normalized spacial score (nSPS) is 23.1. The van der Waals surface area contributed by atoms with Crippen LogP contribution in [0.1, 0.15) is 38.2 Å². The van der Waals surface area contributed by atoms with Gasteiger partial charge in [-0.3, -0.25) is 14.9 Å². The number of nitrogens with two attached hydrogens (primary N) is 2. The van der Waals surface area contributed by atoms with Crippen LogP contribution in [0.4, 0.5) is 23.1 Å². The number of carbonyl (C=O) groups excluding carboxylic acids is 2. The summed E-state index contributed by atoms with van der Waals surface area (Å²) in [6.07, 6.45) is 6.20. The van der Waals surface area contributed by atoms with E-state index in [0.29, 0.717) is 41.9 Å². The molecular weight excluding hydrogens is 602 g/mol. The first-order valence-electron chi connectivity index (χ1n) is 14.7. The van der Waals surface area contributed by atoms with Gasteiger partial charge in [-0.05, 0) is 49.9 Å². The van der Waals surface area contributed by atoms with E-state index in [9.17, 15) is 9.59 Å². The van der Waals surface area contributed by atoms with Crippen LogP contribution in [0.5, 0.6) is 0 Å². The molecule has 232 valence electrons. The van der Waals surface area contributed by atoms with E-state index in [1.54, 1.807) is 18.5 Å². The van der Waals surface area contributed by atoms with Crippen LogP contribution in [-0.4, -0.2) is 64.7 Å². The summed E-state index contributed by atoms with van der Waals surface area (Å²) >= 11 is 7.60. The summed E-state index contributed by atoms with van der Waals surface area (Å²) in [5.41, 5.74) is 14.2. The fourth-order valence-corrected chi connectivity index (χ4v) is 7.23. The molecule has 5 heterocycles. The highest BCUT2D eigenvalue weighted by molar-refractivity contribution is 7.99. The monoisotopic (exact) mass is 637 g/mol. The van der Waals surface area contributed by atoms with Crippen LogP contribution < -0.4 is 32.3 Å². The molecule has 3 aliphatic heterocycles. The zero-order valence-electron chi connectivity index (χ0n) is 24.4. The van der Waals surface area contributed by atoms with Gasteiger partial charge < -0.3 is 31.7 Å². The van der Waals surface area contributed by atoms with Gasteiger partial charge in [0.05, 0.1) is 23.9 Å². The topological polar surface area (TPSA) is 173 Å². The predicted molar refractivity (Wildman–Crippen MR) is 170 cm³/mol. The van der Waals surface area contributed by atoms with Crippen LogP contribution in [-0.2, 0) is 20.9 Å². The second kappa shape index (κ2) is 12.8. The summed E-state index contributed by atoms with van der Waals surface area (Å²) in [4.78, 5) is 39.7. The number of benzene rings is 1. The molecule has 0 aliphatic carbocycles. The Labute approximate surface area is 265 Å². The molecule has 12 nitrogen and oxygen atoms in total. The third kappa shape index (κ3) is 6.41. The molecule has 3 atom stereocenters. The van der Waals surface area contributed by atoms with E-state index < -0.39 is 6.04 Å². The van der Waals surface area contributed by atoms with E-state index in [4.69, 9.17) is 27.8 Å². The van der Waals surface area contributed by atoms with Crippen molar-refractivity contribution in [3.8, 4) is 0 Å². The van der Waals surface area contributed by atoms with Crippen molar-refractivity contribution in [2.75, 3.05) is 41.4 Å². The Morgan fingerprint density at radius 2 is 1.91 bits per heavy atom. The number of hydrogen-bond donors (Lipinski definition) is 5. The van der Waals surface area contributed by atoms with Crippen LogP contribution >= 0.6 is 23.4 Å². The van der Waals surface area contributed by atoms with Crippen LogP contribution in [0.2, 0.25) is 5.02 Å². The molecule has 3 fully saturated rings. The van der Waals surface area contributed by atoms with E-state index >= 15 is 0 Å². The Kier molecular flexibility index (Phi) is 8.81. The number of nitrogen functional groups attached to an aromatic ring is 2. The van der Waals surface area contributed by atoms with Crippen molar-refractivity contribution in [3.63, 3.8) is 0 Å². The first-order valence-corrected chi connectivity index (χ1v) is 15.9. The van der Waals surface area contributed by atoms with E-state index in [1.165, 1.54) is 11.8 Å². The molecule has 3 aromatic rings. The quantitative estimate of drug-likeness (QED) is 0.229. The number of hydrogen-bond acceptors (Lipinski definition) is 12. The molecule has 6 rings (SSSR count). The highest BCUT2D eigenvalue weighted by Gasteiger charge is 2.49. The number of pyridine rings is 1. The highest BCUT2D eigenvalue weighted by atomic mass is 35.5. The Morgan fingerprint density at radius 3 is 2.64 bits per heavy atom. The summed E-state index contributed by atoms with van der Waals surface area (Å²) in [7, 11) is 0. The minimum absolute atomic E-state index is 0.0238. The number of carbonyl (C=O) groups is 2. The molecule has 14 heteroatoms. The van der Waals surface area contributed by atoms with Gasteiger partial charge in [-0.15, -0.1) is 0 Å². The lowest BCUT2D eigenvalue weighted by Gasteiger charge is -2.43. The third-order valence-corrected chi connectivity index (χ3v) is 10.3. The molecule has 7 N–H and O–H groups in total. The second-order valence-corrected chi connectivity index (χ2v) is 13.0. The van der Waals surface area contributed by atoms with Crippen LogP contribution in [0.25, 0.3) is 0 Å². The third-order valence-electron chi connectivity index (χ3n) is 8.74. The zero-order chi connectivity index (χ0) is 30.8. The molecule has 2 aromatic heterocycles. The van der Waals surface area contributed by atoms with Gasteiger partial charge in [0.15, 0.2) is 5.82 Å². The molecule has 44 heavy (non-hydrogen) atoms. The smallest absolute Gasteiger partial charge is 0.249 e. The Hall–Kier alpha value is -3.65. The Balaban J connectivity index is 1.04. The van der Waals surface area contributed by atoms with Crippen molar-refractivity contribution in [2.24, 2.45) is 5.41 Å². The van der Waals surface area contributed by atoms with Gasteiger partial charge in [-0.25, -0.2) is 15.0 Å². The lowest BCUT2D eigenvalue weighted by molar-refractivity contribution is -0.133. The number of rotatable bonds is 8. The Bertz CT molecular complexity index is 1530. The molecule has 0 saturated carbocycles. The predicted octanol–water partition coefficient (Wildman–Crippen LogP) is 3.22. The summed E-state index contributed by atoms with van der Waals surface area (Å²) in [6.45, 7) is 5.20. The van der Waals surface area contributed by atoms with Crippen molar-refractivity contribution in [1.29, 1.82) is 0 Å². The molecular formula is C30H36ClN9O3S. The van der Waals surface area contributed by atoms with Crippen LogP contribution in [0.15, 0.2) is 52.6 Å². The number of halogens is 1. The summed E-state index contributed by atoms with van der Waals surface area (Å²) in [5, 5.41) is 10.3. The van der Waals surface area contributed by atoms with Crippen LogP contribution in [0.3, 0.4) is 0 Å². The maximum Gasteiger partial charge on any atom is 0.249 e. The summed E-state index contributed by atoms with van der Waals surface area (Å²) in [5.74, 6) is 0.865. The van der Waals surface area contributed by atoms with Gasteiger partial charge in [-0.1, -0.05) is 35.5 Å². The maximum absolute atomic E-state index is 12.1. The molecule has 1 unspecified atom stereocenters. The molecule has 3 aliphatic rings. The van der Waals surface area contributed by atoms with Crippen molar-refractivity contribution in [3.05, 3.63) is 53.3 Å². The fourth-order valence-electron chi connectivity index (χ4n) is 6.22. The first kappa shape index (κ1) is 30.4. The Morgan fingerprint density at radius 1 is 1.14 bits per heavy atom. The minimum Gasteiger partial charge on any atom is -0.382 e. The number of imide groups is 1. The second-order valence-electron chi connectivity index (χ2n) is 11.6. The van der Waals surface area contributed by atoms with Gasteiger partial charge in [0.25, 0.3) is 0 Å². The lowest BCUT2D eigenvalue weighted by Crippen LogP contribution is -2.52. The number of amides is 2. The number of ether oxygens (including phenoxy) is 1. The lowest BCUT2D eigenvalue weighted by atomic mass is 9.73. The summed E-state index contributed by atoms with van der Waals surface area (Å²) in [6, 6.07) is 9.64. The van der Waals surface area contributed by atoms with E-state index in [2.05, 4.69) is 54.9 Å². The fraction of sp³-hybridized carbons (Fsp3) is 0.433. The molecule has 0 radical (unpaired) electrons. The molecule has 1 spiro atoms. The SMILES string of the molecule is C[C@@H]1OCC2(CCN(c3cnc(Sc4ccnc(N)c4Cl)c(N)n3)CC2)[C@@H]1NCc1ccc(NC2CCC(=O)NC2=O)cc1. The molecule has 2 amide bonds. The number of anilines is 4. The number of piperidine rings is 2. The van der Waals surface area contributed by atoms with Gasteiger partial charge in [0.2, 0.25) is 11.8 Å². The summed E-state index contributed by atoms with van der Waals surface area (Å²) < 4.78 is 6.19. The number of aromatic nitrogens is 3. The van der Waals surface area contributed by atoms with Crippen molar-refractivity contribution < 1.29 is 14.3 Å². The van der Waals surface area contributed by atoms with Gasteiger partial charge >= 0.3 is 0 Å². The number of nitrogens with one attached hydrogen (secondary N) is 3. The zero-order valence-corrected chi connectivity index (χ0v) is 26.0. The van der Waals surface area contributed by atoms with Crippen LogP contribution in [0, 0.1) is 5.41 Å². The molecule has 3 saturated heterocycles. The maximum atomic E-state index is 12.1. The van der Waals surface area contributed by atoms with Crippen molar-refractivity contribution >= 4 is 58.3 Å². The van der Waals surface area contributed by atoms with E-state index in [0.717, 1.165) is 47.9 Å². The number of nitrogens with zero attached hydrogens (tertiary/aromatic N) is 4. The van der Waals surface area contributed by atoms with Gasteiger partial charge in [-0.2, -0.15) is 0 Å². The average Bonchev–Trinajstić information content (AvgIpc) is 3.31. The molecule has 0 bridgehead atoms. The highest BCUT2D eigenvalue weighted by Crippen LogP contribution is 2.43. The van der Waals surface area contributed by atoms with Gasteiger partial charge in [0.1, 0.15) is 22.7 Å². The van der Waals surface area contributed by atoms with E-state index in [-0.39, 0.29) is 35.2 Å². The largest absolute Gasteiger partial charge is 0.382 e. The van der Waals surface area contributed by atoms with Gasteiger partial charge in [0, 0.05) is 54.3 Å². The molecule has 1 aromatic carbocycles. The van der Waals surface area contributed by atoms with E-state index in [1.807, 2.05) is 12.1 Å².